The number of halogens is 3. The Morgan fingerprint density at radius 3 is 2.10 bits per heavy atom. The molecule has 1 aromatic rings. The topological polar surface area (TPSA) is 6.48 Å². The summed E-state index contributed by atoms with van der Waals surface area (Å²) in [6.07, 6.45) is -2.22. The summed E-state index contributed by atoms with van der Waals surface area (Å²) in [6, 6.07) is 5.44. The van der Waals surface area contributed by atoms with Crippen LogP contribution in [0.25, 0.3) is 0 Å². The summed E-state index contributed by atoms with van der Waals surface area (Å²) in [5, 5.41) is 0. The van der Waals surface area contributed by atoms with Crippen molar-refractivity contribution in [2.75, 3.05) is 37.6 Å². The zero-order valence-electron chi connectivity index (χ0n) is 11.5. The Balaban J connectivity index is 1.90. The first-order valence-corrected chi connectivity index (χ1v) is 6.94. The molecule has 0 amide bonds. The van der Waals surface area contributed by atoms with E-state index in [0.29, 0.717) is 0 Å². The molecule has 1 saturated heterocycles. The van der Waals surface area contributed by atoms with Gasteiger partial charge in [-0.25, -0.2) is 0 Å². The van der Waals surface area contributed by atoms with Crippen molar-refractivity contribution >= 4 is 5.69 Å². The fraction of sp³-hybridized carbons (Fsp3) is 0.533. The van der Waals surface area contributed by atoms with E-state index in [-0.39, 0.29) is 0 Å². The van der Waals surface area contributed by atoms with Gasteiger partial charge in [-0.1, -0.05) is 13.3 Å². The normalized spacial score (nSPS) is 17.5. The van der Waals surface area contributed by atoms with E-state index in [4.69, 9.17) is 0 Å². The Hall–Kier alpha value is -1.23. The second-order valence-electron chi connectivity index (χ2n) is 5.08. The molecule has 20 heavy (non-hydrogen) atoms. The van der Waals surface area contributed by atoms with Crippen molar-refractivity contribution in [2.45, 2.75) is 19.0 Å². The Morgan fingerprint density at radius 1 is 1.00 bits per heavy atom. The minimum absolute atomic E-state index is 0.588. The lowest BCUT2D eigenvalue weighted by Crippen LogP contribution is -2.46. The molecule has 1 heterocycles. The second-order valence-corrected chi connectivity index (χ2v) is 5.08. The van der Waals surface area contributed by atoms with Gasteiger partial charge in [-0.2, -0.15) is 13.2 Å². The molecule has 1 radical (unpaired) electrons. The van der Waals surface area contributed by atoms with Crippen LogP contribution in [0.3, 0.4) is 0 Å². The molecule has 1 aliphatic heterocycles. The number of hydrogen-bond acceptors (Lipinski definition) is 2. The Morgan fingerprint density at radius 2 is 1.60 bits per heavy atom. The molecule has 0 saturated carbocycles. The molecule has 0 aromatic heterocycles. The van der Waals surface area contributed by atoms with Crippen LogP contribution in [0, 0.1) is 6.92 Å². The van der Waals surface area contributed by atoms with Crippen molar-refractivity contribution < 1.29 is 13.2 Å². The summed E-state index contributed by atoms with van der Waals surface area (Å²) in [5.74, 6) is 0. The molecule has 0 spiro atoms. The number of alkyl halides is 3. The van der Waals surface area contributed by atoms with Gasteiger partial charge in [0.05, 0.1) is 5.56 Å². The van der Waals surface area contributed by atoms with Gasteiger partial charge < -0.3 is 4.90 Å². The monoisotopic (exact) mass is 285 g/mol. The minimum atomic E-state index is -4.26. The molecule has 1 fully saturated rings. The van der Waals surface area contributed by atoms with Crippen LogP contribution in [0.1, 0.15) is 18.4 Å². The van der Waals surface area contributed by atoms with E-state index >= 15 is 0 Å². The van der Waals surface area contributed by atoms with Crippen molar-refractivity contribution in [3.8, 4) is 0 Å². The van der Waals surface area contributed by atoms with Crippen LogP contribution in [0.15, 0.2) is 24.3 Å². The lowest BCUT2D eigenvalue weighted by atomic mass is 10.1. The van der Waals surface area contributed by atoms with Gasteiger partial charge in [-0.15, -0.1) is 0 Å². The molecule has 2 nitrogen and oxygen atoms in total. The average molecular weight is 285 g/mol. The minimum Gasteiger partial charge on any atom is -0.369 e. The van der Waals surface area contributed by atoms with Gasteiger partial charge in [0.1, 0.15) is 0 Å². The van der Waals surface area contributed by atoms with E-state index in [9.17, 15) is 13.2 Å². The maximum Gasteiger partial charge on any atom is 0.416 e. The van der Waals surface area contributed by atoms with Crippen molar-refractivity contribution in [1.29, 1.82) is 0 Å². The van der Waals surface area contributed by atoms with Crippen molar-refractivity contribution in [3.63, 3.8) is 0 Å². The van der Waals surface area contributed by atoms with Gasteiger partial charge in [0.2, 0.25) is 0 Å². The van der Waals surface area contributed by atoms with E-state index in [2.05, 4.69) is 16.7 Å². The standard InChI is InChI=1S/C15H20F3N2/c1-2-3-8-19-9-11-20(12-10-19)14-6-4-13(5-7-14)15(16,17)18/h4-7H,1-3,8-12H2. The molecule has 0 N–H and O–H groups in total. The highest BCUT2D eigenvalue weighted by atomic mass is 19.4. The number of unbranched alkanes of at least 4 members (excludes halogenated alkanes) is 1. The van der Waals surface area contributed by atoms with Crippen LogP contribution < -0.4 is 4.90 Å². The molecule has 0 atom stereocenters. The number of anilines is 1. The second kappa shape index (κ2) is 6.48. The number of rotatable bonds is 4. The largest absolute Gasteiger partial charge is 0.416 e. The molecule has 0 aliphatic carbocycles. The van der Waals surface area contributed by atoms with Gasteiger partial charge in [0.15, 0.2) is 0 Å². The van der Waals surface area contributed by atoms with Crippen LogP contribution in [0.2, 0.25) is 0 Å². The zero-order chi connectivity index (χ0) is 14.6. The highest BCUT2D eigenvalue weighted by Gasteiger charge is 2.30. The van der Waals surface area contributed by atoms with E-state index in [1.54, 1.807) is 12.1 Å². The molecule has 111 valence electrons. The first-order valence-electron chi connectivity index (χ1n) is 6.94. The molecule has 0 unspecified atom stereocenters. The SMILES string of the molecule is [CH2]CCCN1CCN(c2ccc(C(F)(F)F)cc2)CC1. The van der Waals surface area contributed by atoms with Crippen molar-refractivity contribution in [2.24, 2.45) is 0 Å². The summed E-state index contributed by atoms with van der Waals surface area (Å²) in [4.78, 5) is 4.52. The number of nitrogens with zero attached hydrogens (tertiary/aromatic N) is 2. The lowest BCUT2D eigenvalue weighted by molar-refractivity contribution is -0.137. The Bertz CT molecular complexity index is 406. The highest BCUT2D eigenvalue weighted by molar-refractivity contribution is 5.48. The summed E-state index contributed by atoms with van der Waals surface area (Å²) >= 11 is 0. The van der Waals surface area contributed by atoms with Crippen molar-refractivity contribution in [1.82, 2.24) is 4.90 Å². The fourth-order valence-electron chi connectivity index (χ4n) is 2.43. The smallest absolute Gasteiger partial charge is 0.369 e. The predicted octanol–water partition coefficient (Wildman–Crippen LogP) is 3.44. The highest BCUT2D eigenvalue weighted by Crippen LogP contribution is 2.30. The summed E-state index contributed by atoms with van der Waals surface area (Å²) < 4.78 is 37.5. The molecule has 2 rings (SSSR count). The molecule has 1 aromatic carbocycles. The van der Waals surface area contributed by atoms with Gasteiger partial charge in [-0.3, -0.25) is 4.90 Å². The van der Waals surface area contributed by atoms with E-state index < -0.39 is 11.7 Å². The maximum absolute atomic E-state index is 12.5. The van der Waals surface area contributed by atoms with Gasteiger partial charge in [0.25, 0.3) is 0 Å². The summed E-state index contributed by atoms with van der Waals surface area (Å²) in [7, 11) is 0. The zero-order valence-corrected chi connectivity index (χ0v) is 11.5. The third-order valence-corrected chi connectivity index (χ3v) is 3.66. The molecule has 0 bridgehead atoms. The number of piperazine rings is 1. The van der Waals surface area contributed by atoms with Crippen LogP contribution in [0.5, 0.6) is 0 Å². The van der Waals surface area contributed by atoms with Crippen LogP contribution >= 0.6 is 0 Å². The van der Waals surface area contributed by atoms with E-state index in [1.807, 2.05) is 0 Å². The number of hydrogen-bond donors (Lipinski definition) is 0. The predicted molar refractivity (Wildman–Crippen MR) is 74.7 cm³/mol. The van der Waals surface area contributed by atoms with E-state index in [0.717, 1.165) is 63.4 Å². The molecule has 1 aliphatic rings. The molecular formula is C15H20F3N2. The van der Waals surface area contributed by atoms with Gasteiger partial charge in [-0.05, 0) is 37.2 Å². The van der Waals surface area contributed by atoms with Crippen LogP contribution in [0.4, 0.5) is 18.9 Å². The number of benzene rings is 1. The first-order chi connectivity index (χ1) is 9.50. The Labute approximate surface area is 118 Å². The fourth-order valence-corrected chi connectivity index (χ4v) is 2.43. The van der Waals surface area contributed by atoms with Crippen LogP contribution in [-0.4, -0.2) is 37.6 Å². The Kier molecular flexibility index (Phi) is 4.91. The van der Waals surface area contributed by atoms with Crippen LogP contribution in [-0.2, 0) is 6.18 Å². The average Bonchev–Trinajstić information content (AvgIpc) is 2.45. The molecular weight excluding hydrogens is 265 g/mol. The lowest BCUT2D eigenvalue weighted by Gasteiger charge is -2.36. The van der Waals surface area contributed by atoms with Crippen molar-refractivity contribution in [3.05, 3.63) is 36.8 Å². The summed E-state index contributed by atoms with van der Waals surface area (Å²) in [6.45, 7) is 8.54. The quantitative estimate of drug-likeness (QED) is 0.836. The van der Waals surface area contributed by atoms with E-state index in [1.165, 1.54) is 0 Å². The third kappa shape index (κ3) is 3.88. The first kappa shape index (κ1) is 15.2. The summed E-state index contributed by atoms with van der Waals surface area (Å²) in [5.41, 5.74) is 0.283. The third-order valence-electron chi connectivity index (χ3n) is 3.66. The molecule has 5 heteroatoms. The van der Waals surface area contributed by atoms with Gasteiger partial charge >= 0.3 is 6.18 Å². The van der Waals surface area contributed by atoms with Gasteiger partial charge in [0, 0.05) is 31.9 Å². The maximum atomic E-state index is 12.5.